The number of nitrogens with zero attached hydrogens (tertiary/aromatic N) is 1. The lowest BCUT2D eigenvalue weighted by atomic mass is 9.89. The molecule has 1 atom stereocenters. The van der Waals surface area contributed by atoms with Crippen LogP contribution < -0.4 is 4.74 Å². The summed E-state index contributed by atoms with van der Waals surface area (Å²) in [5.74, 6) is -1.05. The standard InChI is InChI=1S/C26H25ClFNO5S/c27-21-6-3-18(4-7-21)17-34-25-12-5-19(15-26(30)31)14-24(25)20-2-1-13-29(16-20)35(32,33)23-10-8-22(28)9-11-23/h3-12,14,20H,1-2,13,15-17H2,(H,30,31). The van der Waals surface area contributed by atoms with Crippen LogP contribution in [-0.4, -0.2) is 36.9 Å². The fourth-order valence-electron chi connectivity index (χ4n) is 4.24. The second-order valence-electron chi connectivity index (χ2n) is 8.51. The van der Waals surface area contributed by atoms with E-state index in [-0.39, 0.29) is 30.4 Å². The van der Waals surface area contributed by atoms with Gasteiger partial charge in [-0.2, -0.15) is 4.31 Å². The van der Waals surface area contributed by atoms with Gasteiger partial charge in [-0.05, 0) is 72.0 Å². The van der Waals surface area contributed by atoms with Gasteiger partial charge in [-0.25, -0.2) is 12.8 Å². The van der Waals surface area contributed by atoms with Gasteiger partial charge in [0, 0.05) is 24.0 Å². The summed E-state index contributed by atoms with van der Waals surface area (Å²) >= 11 is 5.96. The average Bonchev–Trinajstić information content (AvgIpc) is 2.84. The van der Waals surface area contributed by atoms with Gasteiger partial charge in [0.2, 0.25) is 10.0 Å². The number of hydrogen-bond acceptors (Lipinski definition) is 4. The quantitative estimate of drug-likeness (QED) is 0.441. The van der Waals surface area contributed by atoms with E-state index in [0.29, 0.717) is 29.3 Å². The molecule has 3 aromatic rings. The Morgan fingerprint density at radius 1 is 1.06 bits per heavy atom. The molecule has 0 aliphatic carbocycles. The molecule has 184 valence electrons. The van der Waals surface area contributed by atoms with E-state index < -0.39 is 21.8 Å². The molecule has 3 aromatic carbocycles. The Morgan fingerprint density at radius 3 is 2.43 bits per heavy atom. The van der Waals surface area contributed by atoms with E-state index in [1.165, 1.54) is 16.4 Å². The smallest absolute Gasteiger partial charge is 0.307 e. The number of hydrogen-bond donors (Lipinski definition) is 1. The number of carbonyl (C=O) groups is 1. The largest absolute Gasteiger partial charge is 0.489 e. The number of piperidine rings is 1. The minimum Gasteiger partial charge on any atom is -0.489 e. The molecular weight excluding hydrogens is 493 g/mol. The number of halogens is 2. The Morgan fingerprint density at radius 2 is 1.74 bits per heavy atom. The first-order valence-electron chi connectivity index (χ1n) is 11.2. The van der Waals surface area contributed by atoms with Crippen LogP contribution in [0.25, 0.3) is 0 Å². The third-order valence-electron chi connectivity index (χ3n) is 6.01. The zero-order chi connectivity index (χ0) is 25.0. The molecule has 4 rings (SSSR count). The van der Waals surface area contributed by atoms with Gasteiger partial charge in [-0.3, -0.25) is 4.79 Å². The van der Waals surface area contributed by atoms with Crippen LogP contribution in [0.2, 0.25) is 5.02 Å². The van der Waals surface area contributed by atoms with Gasteiger partial charge in [0.05, 0.1) is 11.3 Å². The van der Waals surface area contributed by atoms with Crippen LogP contribution in [0, 0.1) is 5.82 Å². The van der Waals surface area contributed by atoms with Crippen molar-refractivity contribution in [3.05, 3.63) is 94.3 Å². The van der Waals surface area contributed by atoms with Crippen LogP contribution in [0.3, 0.4) is 0 Å². The second-order valence-corrected chi connectivity index (χ2v) is 10.9. The fourth-order valence-corrected chi connectivity index (χ4v) is 5.89. The summed E-state index contributed by atoms with van der Waals surface area (Å²) in [6.45, 7) is 0.853. The molecule has 1 aliphatic heterocycles. The van der Waals surface area contributed by atoms with Gasteiger partial charge in [0.15, 0.2) is 0 Å². The monoisotopic (exact) mass is 517 g/mol. The SMILES string of the molecule is O=C(O)Cc1ccc(OCc2ccc(Cl)cc2)c(C2CCCN(S(=O)(=O)c3ccc(F)cc3)C2)c1. The van der Waals surface area contributed by atoms with Gasteiger partial charge in [0.25, 0.3) is 0 Å². The molecule has 0 spiro atoms. The molecule has 0 aromatic heterocycles. The molecule has 1 fully saturated rings. The molecule has 0 amide bonds. The topological polar surface area (TPSA) is 83.9 Å². The van der Waals surface area contributed by atoms with Crippen molar-refractivity contribution in [1.29, 1.82) is 0 Å². The van der Waals surface area contributed by atoms with Crippen molar-refractivity contribution in [2.24, 2.45) is 0 Å². The molecule has 1 heterocycles. The maximum Gasteiger partial charge on any atom is 0.307 e. The van der Waals surface area contributed by atoms with Gasteiger partial charge >= 0.3 is 5.97 Å². The number of sulfonamides is 1. The highest BCUT2D eigenvalue weighted by molar-refractivity contribution is 7.89. The third-order valence-corrected chi connectivity index (χ3v) is 8.14. The summed E-state index contributed by atoms with van der Waals surface area (Å²) < 4.78 is 47.2. The lowest BCUT2D eigenvalue weighted by Crippen LogP contribution is -2.39. The Bertz CT molecular complexity index is 1300. The Balaban J connectivity index is 1.60. The van der Waals surface area contributed by atoms with Crippen LogP contribution in [-0.2, 0) is 27.8 Å². The number of aliphatic carboxylic acids is 1. The summed E-state index contributed by atoms with van der Waals surface area (Å²) in [5.41, 5.74) is 2.31. The molecular formula is C26H25ClFNO5S. The number of ether oxygens (including phenoxy) is 1. The first-order chi connectivity index (χ1) is 16.7. The molecule has 0 bridgehead atoms. The van der Waals surface area contributed by atoms with Crippen LogP contribution in [0.5, 0.6) is 5.75 Å². The van der Waals surface area contributed by atoms with E-state index >= 15 is 0 Å². The highest BCUT2D eigenvalue weighted by Gasteiger charge is 2.32. The normalized spacial score (nSPS) is 16.7. The highest BCUT2D eigenvalue weighted by Crippen LogP contribution is 2.36. The summed E-state index contributed by atoms with van der Waals surface area (Å²) in [7, 11) is -3.80. The number of benzene rings is 3. The van der Waals surface area contributed by atoms with Crippen molar-refractivity contribution in [2.75, 3.05) is 13.1 Å². The van der Waals surface area contributed by atoms with Gasteiger partial charge in [-0.15, -0.1) is 0 Å². The molecule has 1 unspecified atom stereocenters. The van der Waals surface area contributed by atoms with Crippen LogP contribution in [0.4, 0.5) is 4.39 Å². The van der Waals surface area contributed by atoms with Crippen molar-refractivity contribution >= 4 is 27.6 Å². The fraction of sp³-hybridized carbons (Fsp3) is 0.269. The predicted molar refractivity (Wildman–Crippen MR) is 131 cm³/mol. The first kappa shape index (κ1) is 25.2. The average molecular weight is 518 g/mol. The highest BCUT2D eigenvalue weighted by atomic mass is 35.5. The van der Waals surface area contributed by atoms with Gasteiger partial charge < -0.3 is 9.84 Å². The lowest BCUT2D eigenvalue weighted by molar-refractivity contribution is -0.136. The molecule has 9 heteroatoms. The van der Waals surface area contributed by atoms with E-state index in [4.69, 9.17) is 16.3 Å². The van der Waals surface area contributed by atoms with Crippen LogP contribution in [0.15, 0.2) is 71.6 Å². The number of carboxylic acid groups (broad SMARTS) is 1. The van der Waals surface area contributed by atoms with E-state index in [0.717, 1.165) is 29.7 Å². The predicted octanol–water partition coefficient (Wildman–Crippen LogP) is 5.25. The van der Waals surface area contributed by atoms with Crippen molar-refractivity contribution in [2.45, 2.75) is 36.7 Å². The van der Waals surface area contributed by atoms with Crippen LogP contribution >= 0.6 is 11.6 Å². The van der Waals surface area contributed by atoms with Crippen molar-refractivity contribution in [3.8, 4) is 5.75 Å². The van der Waals surface area contributed by atoms with E-state index in [9.17, 15) is 22.7 Å². The van der Waals surface area contributed by atoms with E-state index in [1.807, 2.05) is 12.1 Å². The zero-order valence-electron chi connectivity index (χ0n) is 18.9. The van der Waals surface area contributed by atoms with Crippen molar-refractivity contribution in [1.82, 2.24) is 4.31 Å². The maximum absolute atomic E-state index is 13.3. The minimum atomic E-state index is -3.80. The summed E-state index contributed by atoms with van der Waals surface area (Å²) in [6.07, 6.45) is 1.21. The molecule has 0 radical (unpaired) electrons. The maximum atomic E-state index is 13.3. The minimum absolute atomic E-state index is 0.0402. The molecule has 35 heavy (non-hydrogen) atoms. The first-order valence-corrected chi connectivity index (χ1v) is 13.0. The zero-order valence-corrected chi connectivity index (χ0v) is 20.4. The van der Waals surface area contributed by atoms with Gasteiger partial charge in [0.1, 0.15) is 18.2 Å². The lowest BCUT2D eigenvalue weighted by Gasteiger charge is -2.33. The molecule has 1 N–H and O–H groups in total. The third kappa shape index (κ3) is 6.20. The van der Waals surface area contributed by atoms with E-state index in [2.05, 4.69) is 0 Å². The number of carboxylic acids is 1. The molecule has 6 nitrogen and oxygen atoms in total. The number of rotatable bonds is 8. The van der Waals surface area contributed by atoms with Crippen molar-refractivity contribution < 1.29 is 27.4 Å². The summed E-state index contributed by atoms with van der Waals surface area (Å²) in [4.78, 5) is 11.3. The molecule has 0 saturated carbocycles. The van der Waals surface area contributed by atoms with Crippen LogP contribution in [0.1, 0.15) is 35.4 Å². The molecule has 1 aliphatic rings. The Hall–Kier alpha value is -2.94. The van der Waals surface area contributed by atoms with Gasteiger partial charge in [-0.1, -0.05) is 35.9 Å². The van der Waals surface area contributed by atoms with Crippen molar-refractivity contribution in [3.63, 3.8) is 0 Å². The Labute approximate surface area is 209 Å². The summed E-state index contributed by atoms with van der Waals surface area (Å²) in [6, 6.07) is 17.3. The molecule has 1 saturated heterocycles. The second kappa shape index (κ2) is 10.8. The summed E-state index contributed by atoms with van der Waals surface area (Å²) in [5, 5.41) is 9.87. The van der Waals surface area contributed by atoms with E-state index in [1.54, 1.807) is 30.3 Å². The Kier molecular flexibility index (Phi) is 7.74.